The molecule has 0 radical (unpaired) electrons. The first kappa shape index (κ1) is 18.3. The molecular formula is C19H23Cl2N3O. The number of aromatic nitrogens is 2. The summed E-state index contributed by atoms with van der Waals surface area (Å²) in [5, 5.41) is 1.26. The van der Waals surface area contributed by atoms with Crippen LogP contribution in [-0.4, -0.2) is 26.4 Å². The quantitative estimate of drug-likeness (QED) is 0.724. The van der Waals surface area contributed by atoms with E-state index in [0.29, 0.717) is 23.1 Å². The van der Waals surface area contributed by atoms with Crippen molar-refractivity contribution in [1.29, 1.82) is 0 Å². The van der Waals surface area contributed by atoms with E-state index in [4.69, 9.17) is 23.2 Å². The predicted molar refractivity (Wildman–Crippen MR) is 101 cm³/mol. The van der Waals surface area contributed by atoms with Crippen LogP contribution in [0.5, 0.6) is 0 Å². The summed E-state index contributed by atoms with van der Waals surface area (Å²) in [5.74, 6) is 1.31. The monoisotopic (exact) mass is 379 g/mol. The number of amides is 1. The van der Waals surface area contributed by atoms with Crippen molar-refractivity contribution < 1.29 is 4.79 Å². The Kier molecular flexibility index (Phi) is 5.70. The Bertz CT molecular complexity index is 753. The molecule has 1 saturated carbocycles. The van der Waals surface area contributed by atoms with Crippen molar-refractivity contribution in [2.75, 3.05) is 0 Å². The summed E-state index contributed by atoms with van der Waals surface area (Å²) in [7, 11) is 0. The lowest BCUT2D eigenvalue weighted by Crippen LogP contribution is -2.43. The van der Waals surface area contributed by atoms with Gasteiger partial charge in [0.15, 0.2) is 0 Å². The first-order chi connectivity index (χ1) is 12.0. The smallest absolute Gasteiger partial charge is 0.226 e. The normalized spacial score (nSPS) is 14.6. The average Bonchev–Trinajstić information content (AvgIpc) is 2.92. The Morgan fingerprint density at radius 2 is 2.12 bits per heavy atom. The predicted octanol–water partition coefficient (Wildman–Crippen LogP) is 4.78. The van der Waals surface area contributed by atoms with E-state index in [1.165, 1.54) is 0 Å². The lowest BCUT2D eigenvalue weighted by atomic mass is 9.84. The lowest BCUT2D eigenvalue weighted by molar-refractivity contribution is -0.140. The summed E-state index contributed by atoms with van der Waals surface area (Å²) in [6.45, 7) is 5.24. The maximum Gasteiger partial charge on any atom is 0.226 e. The van der Waals surface area contributed by atoms with Crippen LogP contribution >= 0.6 is 23.2 Å². The van der Waals surface area contributed by atoms with Crippen LogP contribution in [0.3, 0.4) is 0 Å². The number of hydrogen-bond acceptors (Lipinski definition) is 2. The molecular weight excluding hydrogens is 357 g/mol. The zero-order valence-electron chi connectivity index (χ0n) is 14.6. The fourth-order valence-electron chi connectivity index (χ4n) is 3.03. The number of nitrogens with zero attached hydrogens (tertiary/aromatic N) is 3. The third-order valence-electron chi connectivity index (χ3n) is 4.83. The third kappa shape index (κ3) is 4.18. The van der Waals surface area contributed by atoms with Crippen LogP contribution in [0.4, 0.5) is 0 Å². The van der Waals surface area contributed by atoms with Crippen LogP contribution < -0.4 is 0 Å². The molecule has 0 unspecified atom stereocenters. The van der Waals surface area contributed by atoms with Crippen LogP contribution in [0.1, 0.15) is 44.5 Å². The van der Waals surface area contributed by atoms with E-state index in [1.54, 1.807) is 12.3 Å². The van der Waals surface area contributed by atoms with Gasteiger partial charge in [0, 0.05) is 34.4 Å². The Labute approximate surface area is 158 Å². The van der Waals surface area contributed by atoms with E-state index in [9.17, 15) is 4.79 Å². The molecule has 25 heavy (non-hydrogen) atoms. The van der Waals surface area contributed by atoms with Gasteiger partial charge in [-0.1, -0.05) is 35.7 Å². The Morgan fingerprint density at radius 3 is 2.72 bits per heavy atom. The number of benzene rings is 1. The van der Waals surface area contributed by atoms with Crippen molar-refractivity contribution in [3.63, 3.8) is 0 Å². The molecule has 0 saturated heterocycles. The molecule has 1 aliphatic rings. The van der Waals surface area contributed by atoms with Gasteiger partial charge in [0.1, 0.15) is 5.82 Å². The first-order valence-corrected chi connectivity index (χ1v) is 9.45. The van der Waals surface area contributed by atoms with Crippen molar-refractivity contribution in [2.45, 2.75) is 52.2 Å². The van der Waals surface area contributed by atoms with Gasteiger partial charge in [0.25, 0.3) is 0 Å². The summed E-state index contributed by atoms with van der Waals surface area (Å²) in [6, 6.07) is 5.65. The Balaban J connectivity index is 1.76. The number of carbonyl (C=O) groups excluding carboxylic acids is 1. The number of hydrogen-bond donors (Lipinski definition) is 0. The van der Waals surface area contributed by atoms with E-state index in [1.807, 2.05) is 27.8 Å². The molecule has 0 bridgehead atoms. The molecule has 1 heterocycles. The van der Waals surface area contributed by atoms with Gasteiger partial charge in [0.05, 0.1) is 13.1 Å². The maximum atomic E-state index is 12.7. The van der Waals surface area contributed by atoms with E-state index in [2.05, 4.69) is 18.8 Å². The van der Waals surface area contributed by atoms with Gasteiger partial charge in [-0.2, -0.15) is 0 Å². The maximum absolute atomic E-state index is 12.7. The molecule has 0 atom stereocenters. The molecule has 0 spiro atoms. The molecule has 1 amide bonds. The molecule has 134 valence electrons. The number of carbonyl (C=O) groups is 1. The van der Waals surface area contributed by atoms with Crippen LogP contribution in [0, 0.1) is 5.92 Å². The molecule has 4 nitrogen and oxygen atoms in total. The summed E-state index contributed by atoms with van der Waals surface area (Å²) in [6.07, 6.45) is 6.87. The van der Waals surface area contributed by atoms with E-state index in [0.717, 1.165) is 30.7 Å². The minimum absolute atomic E-state index is 0.150. The molecule has 0 aliphatic heterocycles. The highest BCUT2D eigenvalue weighted by atomic mass is 35.5. The number of halogens is 2. The summed E-state index contributed by atoms with van der Waals surface area (Å²) in [5.41, 5.74) is 0.978. The number of rotatable bonds is 6. The minimum atomic E-state index is 0.150. The standard InChI is InChI=1S/C19H23Cl2N3O/c1-13(2)24(19(25)14-4-3-5-14)12-18-22-8-9-23(18)11-15-6-7-16(20)10-17(15)21/h6-10,13-14H,3-5,11-12H2,1-2H3. The van der Waals surface area contributed by atoms with Gasteiger partial charge >= 0.3 is 0 Å². The van der Waals surface area contributed by atoms with Gasteiger partial charge in [-0.05, 0) is 44.4 Å². The summed E-state index contributed by atoms with van der Waals surface area (Å²) < 4.78 is 2.04. The van der Waals surface area contributed by atoms with Crippen LogP contribution in [-0.2, 0) is 17.9 Å². The zero-order chi connectivity index (χ0) is 18.0. The molecule has 1 aromatic heterocycles. The van der Waals surface area contributed by atoms with Crippen molar-refractivity contribution in [3.8, 4) is 0 Å². The van der Waals surface area contributed by atoms with E-state index < -0.39 is 0 Å². The Hall–Kier alpha value is -1.52. The van der Waals surface area contributed by atoms with Crippen LogP contribution in [0.15, 0.2) is 30.6 Å². The van der Waals surface area contributed by atoms with Crippen molar-refractivity contribution in [2.24, 2.45) is 5.92 Å². The fourth-order valence-corrected chi connectivity index (χ4v) is 3.49. The van der Waals surface area contributed by atoms with Gasteiger partial charge in [0.2, 0.25) is 5.91 Å². The summed E-state index contributed by atoms with van der Waals surface area (Å²) in [4.78, 5) is 19.1. The molecule has 3 rings (SSSR count). The molecule has 0 N–H and O–H groups in total. The highest BCUT2D eigenvalue weighted by Crippen LogP contribution is 2.29. The van der Waals surface area contributed by atoms with Crippen molar-refractivity contribution in [1.82, 2.24) is 14.5 Å². The van der Waals surface area contributed by atoms with Gasteiger partial charge in [-0.15, -0.1) is 0 Å². The van der Waals surface area contributed by atoms with Crippen LogP contribution in [0.2, 0.25) is 10.0 Å². The van der Waals surface area contributed by atoms with Gasteiger partial charge < -0.3 is 9.47 Å². The fraction of sp³-hybridized carbons (Fsp3) is 0.474. The van der Waals surface area contributed by atoms with Gasteiger partial charge in [-0.3, -0.25) is 4.79 Å². The first-order valence-electron chi connectivity index (χ1n) is 8.70. The highest BCUT2D eigenvalue weighted by molar-refractivity contribution is 6.35. The Morgan fingerprint density at radius 1 is 1.36 bits per heavy atom. The van der Waals surface area contributed by atoms with Crippen LogP contribution in [0.25, 0.3) is 0 Å². The second-order valence-electron chi connectivity index (χ2n) is 6.89. The minimum Gasteiger partial charge on any atom is -0.333 e. The van der Waals surface area contributed by atoms with Crippen molar-refractivity contribution >= 4 is 29.1 Å². The van der Waals surface area contributed by atoms with E-state index in [-0.39, 0.29) is 17.9 Å². The van der Waals surface area contributed by atoms with Crippen molar-refractivity contribution in [3.05, 3.63) is 52.0 Å². The average molecular weight is 380 g/mol. The second kappa shape index (κ2) is 7.79. The highest BCUT2D eigenvalue weighted by Gasteiger charge is 2.31. The molecule has 1 aliphatic carbocycles. The van der Waals surface area contributed by atoms with E-state index >= 15 is 0 Å². The topological polar surface area (TPSA) is 38.1 Å². The molecule has 6 heteroatoms. The van der Waals surface area contributed by atoms with Gasteiger partial charge in [-0.25, -0.2) is 4.98 Å². The second-order valence-corrected chi connectivity index (χ2v) is 7.74. The number of imidazole rings is 1. The zero-order valence-corrected chi connectivity index (χ0v) is 16.1. The lowest BCUT2D eigenvalue weighted by Gasteiger charge is -2.34. The molecule has 1 aromatic carbocycles. The third-order valence-corrected chi connectivity index (χ3v) is 5.42. The molecule has 2 aromatic rings. The largest absolute Gasteiger partial charge is 0.333 e. The summed E-state index contributed by atoms with van der Waals surface area (Å²) >= 11 is 12.3. The SMILES string of the molecule is CC(C)N(Cc1nccn1Cc1ccc(Cl)cc1Cl)C(=O)C1CCC1. The molecule has 1 fully saturated rings.